The minimum atomic E-state index is -1.11. The van der Waals surface area contributed by atoms with Crippen molar-refractivity contribution in [3.8, 4) is 11.5 Å². The molecule has 27 heavy (non-hydrogen) atoms. The second kappa shape index (κ2) is 9.38. The average Bonchev–Trinajstić information content (AvgIpc) is 2.65. The third kappa shape index (κ3) is 6.14. The van der Waals surface area contributed by atoms with Crippen molar-refractivity contribution in [2.24, 2.45) is 5.92 Å². The largest absolute Gasteiger partial charge is 0.480 e. The number of carboxylic acids is 1. The van der Waals surface area contributed by atoms with Gasteiger partial charge in [0.25, 0.3) is 5.91 Å². The number of carboxylic acid groups (broad SMARTS) is 1. The highest BCUT2D eigenvalue weighted by atomic mass is 16.5. The second-order valence-corrected chi connectivity index (χ2v) is 6.25. The summed E-state index contributed by atoms with van der Waals surface area (Å²) >= 11 is 0. The molecule has 0 bridgehead atoms. The lowest BCUT2D eigenvalue weighted by molar-refractivity contribution is -0.142. The van der Waals surface area contributed by atoms with Gasteiger partial charge in [-0.05, 0) is 42.3 Å². The van der Waals surface area contributed by atoms with Crippen molar-refractivity contribution < 1.29 is 24.2 Å². The third-order valence-electron chi connectivity index (χ3n) is 3.75. The van der Waals surface area contributed by atoms with Crippen LogP contribution < -0.4 is 15.4 Å². The molecule has 0 fully saturated rings. The molecular formula is C20H22N2O5. The average molecular weight is 370 g/mol. The fourth-order valence-electron chi connectivity index (χ4n) is 2.30. The zero-order valence-electron chi connectivity index (χ0n) is 15.1. The Morgan fingerprint density at radius 2 is 1.56 bits per heavy atom. The summed E-state index contributed by atoms with van der Waals surface area (Å²) in [6, 6.07) is 14.7. The van der Waals surface area contributed by atoms with Crippen LogP contribution in [0.25, 0.3) is 0 Å². The van der Waals surface area contributed by atoms with Gasteiger partial charge in [0.05, 0.1) is 6.54 Å². The van der Waals surface area contributed by atoms with Crippen molar-refractivity contribution in [1.29, 1.82) is 0 Å². The molecule has 0 aliphatic carbocycles. The van der Waals surface area contributed by atoms with E-state index in [0.29, 0.717) is 17.1 Å². The smallest absolute Gasteiger partial charge is 0.326 e. The molecule has 0 spiro atoms. The van der Waals surface area contributed by atoms with Crippen molar-refractivity contribution in [1.82, 2.24) is 10.6 Å². The minimum absolute atomic E-state index is 0.265. The van der Waals surface area contributed by atoms with Crippen LogP contribution in [0, 0.1) is 5.92 Å². The minimum Gasteiger partial charge on any atom is -0.480 e. The maximum Gasteiger partial charge on any atom is 0.326 e. The van der Waals surface area contributed by atoms with Gasteiger partial charge in [-0.1, -0.05) is 32.0 Å². The van der Waals surface area contributed by atoms with Gasteiger partial charge in [0.2, 0.25) is 5.91 Å². The number of aliphatic carboxylic acids is 1. The highest BCUT2D eigenvalue weighted by molar-refractivity contribution is 5.97. The van der Waals surface area contributed by atoms with Crippen LogP contribution in [0.1, 0.15) is 24.2 Å². The number of benzene rings is 2. The SMILES string of the molecule is CC(C)[C@@H](NC(=O)CNC(=O)c1ccc(Oc2ccccc2)cc1)C(=O)O. The van der Waals surface area contributed by atoms with Crippen molar-refractivity contribution in [3.63, 3.8) is 0 Å². The summed E-state index contributed by atoms with van der Waals surface area (Å²) in [6.07, 6.45) is 0. The molecule has 0 aliphatic heterocycles. The van der Waals surface area contributed by atoms with Gasteiger partial charge in [-0.2, -0.15) is 0 Å². The van der Waals surface area contributed by atoms with E-state index in [1.807, 2.05) is 30.3 Å². The highest BCUT2D eigenvalue weighted by Crippen LogP contribution is 2.21. The van der Waals surface area contributed by atoms with Crippen LogP contribution in [0.15, 0.2) is 54.6 Å². The summed E-state index contributed by atoms with van der Waals surface area (Å²) < 4.78 is 5.65. The number of ether oxygens (including phenoxy) is 1. The number of hydrogen-bond donors (Lipinski definition) is 3. The molecule has 0 saturated carbocycles. The van der Waals surface area contributed by atoms with E-state index in [2.05, 4.69) is 10.6 Å². The Labute approximate surface area is 157 Å². The maximum absolute atomic E-state index is 12.1. The summed E-state index contributed by atoms with van der Waals surface area (Å²) in [5, 5.41) is 13.9. The summed E-state index contributed by atoms with van der Waals surface area (Å²) in [7, 11) is 0. The molecular weight excluding hydrogens is 348 g/mol. The van der Waals surface area contributed by atoms with Gasteiger partial charge in [-0.15, -0.1) is 0 Å². The fraction of sp³-hybridized carbons (Fsp3) is 0.250. The predicted octanol–water partition coefficient (Wildman–Crippen LogP) is 2.43. The molecule has 7 heteroatoms. The van der Waals surface area contributed by atoms with Crippen molar-refractivity contribution in [3.05, 3.63) is 60.2 Å². The number of amides is 2. The van der Waals surface area contributed by atoms with E-state index in [0.717, 1.165) is 0 Å². The van der Waals surface area contributed by atoms with E-state index < -0.39 is 23.8 Å². The van der Waals surface area contributed by atoms with Crippen molar-refractivity contribution >= 4 is 17.8 Å². The van der Waals surface area contributed by atoms with Gasteiger partial charge in [0, 0.05) is 5.56 Å². The van der Waals surface area contributed by atoms with Crippen LogP contribution in [0.5, 0.6) is 11.5 Å². The third-order valence-corrected chi connectivity index (χ3v) is 3.75. The van der Waals surface area contributed by atoms with Crippen LogP contribution in [0.4, 0.5) is 0 Å². The van der Waals surface area contributed by atoms with Crippen LogP contribution in [0.2, 0.25) is 0 Å². The molecule has 2 aromatic carbocycles. The van der Waals surface area contributed by atoms with Crippen LogP contribution in [-0.2, 0) is 9.59 Å². The lowest BCUT2D eigenvalue weighted by atomic mass is 10.1. The summed E-state index contributed by atoms with van der Waals surface area (Å²) in [4.78, 5) is 35.1. The molecule has 7 nitrogen and oxygen atoms in total. The second-order valence-electron chi connectivity index (χ2n) is 6.25. The van der Waals surface area contributed by atoms with E-state index in [1.54, 1.807) is 38.1 Å². The molecule has 2 amide bonds. The van der Waals surface area contributed by atoms with E-state index in [1.165, 1.54) is 0 Å². The quantitative estimate of drug-likeness (QED) is 0.662. The Bertz CT molecular complexity index is 788. The molecule has 142 valence electrons. The molecule has 0 saturated heterocycles. The zero-order valence-corrected chi connectivity index (χ0v) is 15.1. The summed E-state index contributed by atoms with van der Waals surface area (Å²) in [5.74, 6) is -1.11. The standard InChI is InChI=1S/C20H22N2O5/c1-13(2)18(20(25)26)22-17(23)12-21-19(24)14-8-10-16(11-9-14)27-15-6-4-3-5-7-15/h3-11,13,18H,12H2,1-2H3,(H,21,24)(H,22,23)(H,25,26)/t18-/m1/s1. The topological polar surface area (TPSA) is 105 Å². The first-order valence-electron chi connectivity index (χ1n) is 8.50. The normalized spacial score (nSPS) is 11.5. The lowest BCUT2D eigenvalue weighted by Crippen LogP contribution is -2.48. The lowest BCUT2D eigenvalue weighted by Gasteiger charge is -2.18. The molecule has 0 radical (unpaired) electrons. The molecule has 2 rings (SSSR count). The van der Waals surface area contributed by atoms with E-state index in [4.69, 9.17) is 9.84 Å². The van der Waals surface area contributed by atoms with Gasteiger partial charge in [-0.3, -0.25) is 9.59 Å². The van der Waals surface area contributed by atoms with Gasteiger partial charge in [0.15, 0.2) is 0 Å². The Hall–Kier alpha value is -3.35. The molecule has 0 aromatic heterocycles. The first-order chi connectivity index (χ1) is 12.9. The first kappa shape index (κ1) is 20.0. The molecule has 2 aromatic rings. The Morgan fingerprint density at radius 3 is 2.11 bits per heavy atom. The number of nitrogens with one attached hydrogen (secondary N) is 2. The fourth-order valence-corrected chi connectivity index (χ4v) is 2.30. The Kier molecular flexibility index (Phi) is 6.93. The number of carbonyl (C=O) groups excluding carboxylic acids is 2. The van der Waals surface area contributed by atoms with Gasteiger partial charge >= 0.3 is 5.97 Å². The molecule has 0 heterocycles. The summed E-state index contributed by atoms with van der Waals surface area (Å²) in [6.45, 7) is 3.07. The van der Waals surface area contributed by atoms with Gasteiger partial charge in [-0.25, -0.2) is 4.79 Å². The van der Waals surface area contributed by atoms with Gasteiger partial charge < -0.3 is 20.5 Å². The molecule has 0 unspecified atom stereocenters. The molecule has 3 N–H and O–H groups in total. The number of rotatable bonds is 8. The number of carbonyl (C=O) groups is 3. The van der Waals surface area contributed by atoms with E-state index in [9.17, 15) is 14.4 Å². The number of para-hydroxylation sites is 1. The van der Waals surface area contributed by atoms with Gasteiger partial charge in [0.1, 0.15) is 17.5 Å². The van der Waals surface area contributed by atoms with E-state index >= 15 is 0 Å². The zero-order chi connectivity index (χ0) is 19.8. The highest BCUT2D eigenvalue weighted by Gasteiger charge is 2.23. The molecule has 0 aliphatic rings. The number of hydrogen-bond acceptors (Lipinski definition) is 4. The van der Waals surface area contributed by atoms with E-state index in [-0.39, 0.29) is 12.5 Å². The van der Waals surface area contributed by atoms with Crippen molar-refractivity contribution in [2.45, 2.75) is 19.9 Å². The molecule has 1 atom stereocenters. The summed E-state index contributed by atoms with van der Waals surface area (Å²) in [5.41, 5.74) is 0.363. The van der Waals surface area contributed by atoms with Crippen LogP contribution in [-0.4, -0.2) is 35.5 Å². The Morgan fingerprint density at radius 1 is 0.963 bits per heavy atom. The monoisotopic (exact) mass is 370 g/mol. The van der Waals surface area contributed by atoms with Crippen LogP contribution in [0.3, 0.4) is 0 Å². The van der Waals surface area contributed by atoms with Crippen molar-refractivity contribution in [2.75, 3.05) is 6.54 Å². The predicted molar refractivity (Wildman–Crippen MR) is 99.7 cm³/mol. The Balaban J connectivity index is 1.87. The van der Waals surface area contributed by atoms with Crippen LogP contribution >= 0.6 is 0 Å². The first-order valence-corrected chi connectivity index (χ1v) is 8.50. The maximum atomic E-state index is 12.1.